The molecule has 0 saturated heterocycles. The number of anilines is 1. The van der Waals surface area contributed by atoms with E-state index in [1.165, 1.54) is 10.4 Å². The standard InChI is InChI=1S/C20H20N4O3S/c1-11-12(2)28-20-17(11)19(23-18(24-20)15-7-8-22-27-15)21-10-13-5-6-14(25-3)16(9-13)26-4/h5-9H,10H2,1-4H3,(H,21,23,24). The molecule has 7 nitrogen and oxygen atoms in total. The molecule has 3 heterocycles. The van der Waals surface area contributed by atoms with E-state index in [0.29, 0.717) is 29.6 Å². The zero-order valence-electron chi connectivity index (χ0n) is 16.1. The van der Waals surface area contributed by atoms with Crippen molar-refractivity contribution >= 4 is 27.4 Å². The van der Waals surface area contributed by atoms with Crippen LogP contribution in [0.4, 0.5) is 5.82 Å². The SMILES string of the molecule is COc1ccc(CNc2nc(-c3ccno3)nc3sc(C)c(C)c23)cc1OC. The third-order valence-corrected chi connectivity index (χ3v) is 5.70. The summed E-state index contributed by atoms with van der Waals surface area (Å²) in [7, 11) is 3.25. The molecule has 0 radical (unpaired) electrons. The first kappa shape index (κ1) is 18.2. The first-order chi connectivity index (χ1) is 13.6. The van der Waals surface area contributed by atoms with Crippen molar-refractivity contribution in [3.63, 3.8) is 0 Å². The number of aromatic nitrogens is 3. The van der Waals surface area contributed by atoms with Gasteiger partial charge in [-0.3, -0.25) is 0 Å². The van der Waals surface area contributed by atoms with Crippen LogP contribution >= 0.6 is 11.3 Å². The molecule has 0 atom stereocenters. The van der Waals surface area contributed by atoms with Gasteiger partial charge in [0.1, 0.15) is 10.6 Å². The van der Waals surface area contributed by atoms with Gasteiger partial charge in [-0.05, 0) is 37.1 Å². The van der Waals surface area contributed by atoms with E-state index in [9.17, 15) is 0 Å². The molecule has 1 N–H and O–H groups in total. The summed E-state index contributed by atoms with van der Waals surface area (Å²) in [6, 6.07) is 7.60. The number of methoxy groups -OCH3 is 2. The summed E-state index contributed by atoms with van der Waals surface area (Å²) in [5, 5.41) is 8.24. The molecule has 0 aliphatic rings. The molecule has 0 unspecified atom stereocenters. The normalized spacial score (nSPS) is 11.0. The second-order valence-corrected chi connectivity index (χ2v) is 7.48. The monoisotopic (exact) mass is 396 g/mol. The largest absolute Gasteiger partial charge is 0.493 e. The minimum atomic E-state index is 0.515. The Balaban J connectivity index is 1.71. The number of hydrogen-bond acceptors (Lipinski definition) is 8. The number of hydrogen-bond donors (Lipinski definition) is 1. The molecule has 0 saturated carbocycles. The maximum absolute atomic E-state index is 5.39. The lowest BCUT2D eigenvalue weighted by atomic mass is 10.2. The van der Waals surface area contributed by atoms with E-state index < -0.39 is 0 Å². The van der Waals surface area contributed by atoms with Crippen LogP contribution < -0.4 is 14.8 Å². The summed E-state index contributed by atoms with van der Waals surface area (Å²) in [6.07, 6.45) is 1.59. The first-order valence-corrected chi connectivity index (χ1v) is 9.56. The molecule has 0 spiro atoms. The Morgan fingerprint density at radius 1 is 1.07 bits per heavy atom. The topological polar surface area (TPSA) is 82.3 Å². The maximum Gasteiger partial charge on any atom is 0.204 e. The predicted molar refractivity (Wildman–Crippen MR) is 109 cm³/mol. The van der Waals surface area contributed by atoms with Crippen LogP contribution in [-0.4, -0.2) is 29.3 Å². The Kier molecular flexibility index (Phi) is 4.87. The minimum absolute atomic E-state index is 0.515. The molecule has 144 valence electrons. The number of ether oxygens (including phenoxy) is 2. The van der Waals surface area contributed by atoms with Crippen molar-refractivity contribution in [1.29, 1.82) is 0 Å². The van der Waals surface area contributed by atoms with E-state index in [2.05, 4.69) is 29.3 Å². The molecule has 1 aromatic carbocycles. The average Bonchev–Trinajstić information content (AvgIpc) is 3.34. The van der Waals surface area contributed by atoms with E-state index in [1.54, 1.807) is 37.8 Å². The summed E-state index contributed by atoms with van der Waals surface area (Å²) in [5.74, 6) is 3.22. The van der Waals surface area contributed by atoms with E-state index in [-0.39, 0.29) is 0 Å². The van der Waals surface area contributed by atoms with Crippen LogP contribution in [0.25, 0.3) is 21.8 Å². The highest BCUT2D eigenvalue weighted by atomic mass is 32.1. The van der Waals surface area contributed by atoms with Crippen LogP contribution in [0.15, 0.2) is 35.0 Å². The van der Waals surface area contributed by atoms with Gasteiger partial charge in [0.15, 0.2) is 11.5 Å². The first-order valence-electron chi connectivity index (χ1n) is 8.74. The maximum atomic E-state index is 5.39. The quantitative estimate of drug-likeness (QED) is 0.510. The van der Waals surface area contributed by atoms with Gasteiger partial charge in [-0.2, -0.15) is 0 Å². The van der Waals surface area contributed by atoms with Crippen molar-refractivity contribution in [2.24, 2.45) is 0 Å². The van der Waals surface area contributed by atoms with Crippen LogP contribution in [0.2, 0.25) is 0 Å². The number of aryl methyl sites for hydroxylation is 2. The van der Waals surface area contributed by atoms with Gasteiger partial charge in [0, 0.05) is 17.5 Å². The molecule has 0 amide bonds. The summed E-state index contributed by atoms with van der Waals surface area (Å²) in [5.41, 5.74) is 2.23. The molecule has 0 fully saturated rings. The number of fused-ring (bicyclic) bond motifs is 1. The van der Waals surface area contributed by atoms with Gasteiger partial charge in [-0.25, -0.2) is 9.97 Å². The molecular weight excluding hydrogens is 376 g/mol. The van der Waals surface area contributed by atoms with Crippen LogP contribution in [-0.2, 0) is 6.54 Å². The van der Waals surface area contributed by atoms with E-state index in [0.717, 1.165) is 21.6 Å². The lowest BCUT2D eigenvalue weighted by Gasteiger charge is -2.12. The second-order valence-electron chi connectivity index (χ2n) is 6.28. The lowest BCUT2D eigenvalue weighted by Crippen LogP contribution is -2.04. The molecule has 3 aromatic heterocycles. The average molecular weight is 396 g/mol. The van der Waals surface area contributed by atoms with Crippen LogP contribution in [0.3, 0.4) is 0 Å². The fraction of sp³-hybridized carbons (Fsp3) is 0.250. The van der Waals surface area contributed by atoms with E-state index in [1.807, 2.05) is 18.2 Å². The van der Waals surface area contributed by atoms with Crippen molar-refractivity contribution in [3.8, 4) is 23.1 Å². The third-order valence-electron chi connectivity index (χ3n) is 4.59. The fourth-order valence-electron chi connectivity index (χ4n) is 3.00. The van der Waals surface area contributed by atoms with Crippen molar-refractivity contribution in [3.05, 3.63) is 46.5 Å². The number of nitrogens with zero attached hydrogens (tertiary/aromatic N) is 3. The molecule has 28 heavy (non-hydrogen) atoms. The van der Waals surface area contributed by atoms with Gasteiger partial charge in [0.2, 0.25) is 11.6 Å². The smallest absolute Gasteiger partial charge is 0.204 e. The van der Waals surface area contributed by atoms with Gasteiger partial charge in [-0.15, -0.1) is 11.3 Å². The van der Waals surface area contributed by atoms with Crippen LogP contribution in [0.1, 0.15) is 16.0 Å². The molecule has 4 rings (SSSR count). The zero-order chi connectivity index (χ0) is 19.7. The third kappa shape index (κ3) is 3.27. The molecule has 0 bridgehead atoms. The molecule has 0 aliphatic heterocycles. The van der Waals surface area contributed by atoms with Crippen LogP contribution in [0.5, 0.6) is 11.5 Å². The molecule has 0 aliphatic carbocycles. The number of thiophene rings is 1. The van der Waals surface area contributed by atoms with Crippen molar-refractivity contribution < 1.29 is 14.0 Å². The van der Waals surface area contributed by atoms with E-state index >= 15 is 0 Å². The highest BCUT2D eigenvalue weighted by Crippen LogP contribution is 2.35. The molecular formula is C20H20N4O3S. The summed E-state index contributed by atoms with van der Waals surface area (Å²) < 4.78 is 16.0. The van der Waals surface area contributed by atoms with Gasteiger partial charge in [-0.1, -0.05) is 11.2 Å². The highest BCUT2D eigenvalue weighted by molar-refractivity contribution is 7.18. The van der Waals surface area contributed by atoms with Gasteiger partial charge in [0.25, 0.3) is 0 Å². The lowest BCUT2D eigenvalue weighted by molar-refractivity contribution is 0.354. The summed E-state index contributed by atoms with van der Waals surface area (Å²) in [4.78, 5) is 11.5. The van der Waals surface area contributed by atoms with Crippen LogP contribution in [0, 0.1) is 13.8 Å². The van der Waals surface area contributed by atoms with Gasteiger partial charge in [0.05, 0.1) is 25.8 Å². The van der Waals surface area contributed by atoms with E-state index in [4.69, 9.17) is 19.0 Å². The van der Waals surface area contributed by atoms with Crippen molar-refractivity contribution in [2.75, 3.05) is 19.5 Å². The number of nitrogens with one attached hydrogen (secondary N) is 1. The van der Waals surface area contributed by atoms with Crippen molar-refractivity contribution in [1.82, 2.24) is 15.1 Å². The number of benzene rings is 1. The molecule has 4 aromatic rings. The Hall–Kier alpha value is -3.13. The Labute approximate surface area is 166 Å². The predicted octanol–water partition coefficient (Wildman–Crippen LogP) is 4.59. The summed E-state index contributed by atoms with van der Waals surface area (Å²) >= 11 is 1.65. The summed E-state index contributed by atoms with van der Waals surface area (Å²) in [6.45, 7) is 4.76. The molecule has 8 heteroatoms. The highest BCUT2D eigenvalue weighted by Gasteiger charge is 2.17. The number of rotatable bonds is 6. The Morgan fingerprint density at radius 2 is 1.89 bits per heavy atom. The van der Waals surface area contributed by atoms with Crippen molar-refractivity contribution in [2.45, 2.75) is 20.4 Å². The second kappa shape index (κ2) is 7.47. The Bertz CT molecular complexity index is 1120. The fourth-order valence-corrected chi connectivity index (χ4v) is 4.02. The van der Waals surface area contributed by atoms with Gasteiger partial charge >= 0.3 is 0 Å². The zero-order valence-corrected chi connectivity index (χ0v) is 16.9. The Morgan fingerprint density at radius 3 is 2.61 bits per heavy atom. The van der Waals surface area contributed by atoms with Gasteiger partial charge < -0.3 is 19.3 Å². The minimum Gasteiger partial charge on any atom is -0.493 e.